The number of halogens is 2. The summed E-state index contributed by atoms with van der Waals surface area (Å²) in [5, 5.41) is 0.830. The first-order valence-electron chi connectivity index (χ1n) is 6.34. The van der Waals surface area contributed by atoms with Gasteiger partial charge in [-0.25, -0.2) is 0 Å². The van der Waals surface area contributed by atoms with Crippen molar-refractivity contribution >= 4 is 69.2 Å². The number of rotatable bonds is 2. The third-order valence-corrected chi connectivity index (χ3v) is 5.09. The van der Waals surface area contributed by atoms with E-state index in [0.29, 0.717) is 25.0 Å². The van der Waals surface area contributed by atoms with Gasteiger partial charge in [-0.1, -0.05) is 77.5 Å². The normalized spacial score (nSPS) is 16.6. The van der Waals surface area contributed by atoms with E-state index in [-0.39, 0.29) is 5.91 Å². The SMILES string of the molecule is O=C1/C(=C/c2ccccc2)SC(=S)N1c1ccc(Cl)c(Cl)c1. The molecule has 22 heavy (non-hydrogen) atoms. The summed E-state index contributed by atoms with van der Waals surface area (Å²) in [5.41, 5.74) is 1.57. The Kier molecular flexibility index (Phi) is 4.54. The summed E-state index contributed by atoms with van der Waals surface area (Å²) in [6, 6.07) is 14.7. The van der Waals surface area contributed by atoms with Gasteiger partial charge < -0.3 is 0 Å². The molecule has 2 aromatic rings. The lowest BCUT2D eigenvalue weighted by Crippen LogP contribution is -2.27. The fourth-order valence-electron chi connectivity index (χ4n) is 2.02. The molecule has 1 fully saturated rings. The molecule has 1 amide bonds. The molecule has 1 aliphatic heterocycles. The van der Waals surface area contributed by atoms with Crippen molar-refractivity contribution in [1.29, 1.82) is 0 Å². The summed E-state index contributed by atoms with van der Waals surface area (Å²) in [7, 11) is 0. The zero-order chi connectivity index (χ0) is 15.7. The van der Waals surface area contributed by atoms with Gasteiger partial charge in [0.05, 0.1) is 20.6 Å². The van der Waals surface area contributed by atoms with E-state index >= 15 is 0 Å². The Morgan fingerprint density at radius 3 is 2.45 bits per heavy atom. The van der Waals surface area contributed by atoms with E-state index in [4.69, 9.17) is 35.4 Å². The van der Waals surface area contributed by atoms with Crippen LogP contribution in [-0.2, 0) is 4.79 Å². The maximum Gasteiger partial charge on any atom is 0.270 e. The van der Waals surface area contributed by atoms with E-state index in [1.807, 2.05) is 36.4 Å². The van der Waals surface area contributed by atoms with Crippen LogP contribution >= 0.6 is 47.2 Å². The second kappa shape index (κ2) is 6.42. The number of anilines is 1. The predicted octanol–water partition coefficient (Wildman–Crippen LogP) is 5.40. The molecular formula is C16H9Cl2NOS2. The third-order valence-electron chi connectivity index (χ3n) is 3.05. The zero-order valence-electron chi connectivity index (χ0n) is 11.1. The molecule has 1 heterocycles. The maximum atomic E-state index is 12.6. The average molecular weight is 366 g/mol. The molecule has 0 atom stereocenters. The van der Waals surface area contributed by atoms with Crippen molar-refractivity contribution in [1.82, 2.24) is 0 Å². The number of amides is 1. The zero-order valence-corrected chi connectivity index (χ0v) is 14.3. The number of hydrogen-bond acceptors (Lipinski definition) is 3. The van der Waals surface area contributed by atoms with Crippen LogP contribution in [0.3, 0.4) is 0 Å². The Morgan fingerprint density at radius 2 is 1.77 bits per heavy atom. The van der Waals surface area contributed by atoms with Crippen LogP contribution in [0.4, 0.5) is 5.69 Å². The Hall–Kier alpha value is -1.33. The molecule has 0 saturated carbocycles. The first-order valence-corrected chi connectivity index (χ1v) is 8.32. The second-order valence-corrected chi connectivity index (χ2v) is 7.02. The summed E-state index contributed by atoms with van der Waals surface area (Å²) in [5.74, 6) is -0.155. The van der Waals surface area contributed by atoms with E-state index in [1.54, 1.807) is 18.2 Å². The standard InChI is InChI=1S/C16H9Cl2NOS2/c17-12-7-6-11(9-13(12)18)19-15(20)14(22-16(19)21)8-10-4-2-1-3-5-10/h1-9H/b14-8-. The average Bonchev–Trinajstić information content (AvgIpc) is 2.78. The maximum absolute atomic E-state index is 12.6. The Balaban J connectivity index is 1.95. The largest absolute Gasteiger partial charge is 0.270 e. The number of benzene rings is 2. The van der Waals surface area contributed by atoms with Crippen molar-refractivity contribution in [2.75, 3.05) is 4.90 Å². The first-order chi connectivity index (χ1) is 10.6. The van der Waals surface area contributed by atoms with Crippen molar-refractivity contribution in [3.05, 3.63) is 69.0 Å². The highest BCUT2D eigenvalue weighted by atomic mass is 35.5. The van der Waals surface area contributed by atoms with Crippen molar-refractivity contribution in [3.8, 4) is 0 Å². The molecule has 2 nitrogen and oxygen atoms in total. The van der Waals surface area contributed by atoms with Gasteiger partial charge in [-0.15, -0.1) is 0 Å². The fraction of sp³-hybridized carbons (Fsp3) is 0. The van der Waals surface area contributed by atoms with Crippen LogP contribution in [0, 0.1) is 0 Å². The monoisotopic (exact) mass is 365 g/mol. The number of nitrogens with zero attached hydrogens (tertiary/aromatic N) is 1. The lowest BCUT2D eigenvalue weighted by Gasteiger charge is -2.15. The lowest BCUT2D eigenvalue weighted by molar-refractivity contribution is -0.113. The van der Waals surface area contributed by atoms with Crippen molar-refractivity contribution in [2.45, 2.75) is 0 Å². The Labute approximate surface area is 147 Å². The quantitative estimate of drug-likeness (QED) is 0.524. The Bertz CT molecular complexity index is 790. The summed E-state index contributed by atoms with van der Waals surface area (Å²) >= 11 is 18.5. The molecule has 1 saturated heterocycles. The molecule has 0 N–H and O–H groups in total. The van der Waals surface area contributed by atoms with Crippen molar-refractivity contribution < 1.29 is 4.79 Å². The molecule has 0 spiro atoms. The number of thiocarbonyl (C=S) groups is 1. The molecule has 0 bridgehead atoms. The van der Waals surface area contributed by atoms with Crippen molar-refractivity contribution in [2.24, 2.45) is 0 Å². The van der Waals surface area contributed by atoms with Crippen LogP contribution in [0.5, 0.6) is 0 Å². The molecule has 2 aromatic carbocycles. The van der Waals surface area contributed by atoms with Gasteiger partial charge in [0.2, 0.25) is 0 Å². The van der Waals surface area contributed by atoms with E-state index in [2.05, 4.69) is 0 Å². The van der Waals surface area contributed by atoms with Crippen LogP contribution in [0.25, 0.3) is 6.08 Å². The van der Waals surface area contributed by atoms with Crippen LogP contribution < -0.4 is 4.90 Å². The summed E-state index contributed by atoms with van der Waals surface area (Å²) in [4.78, 5) is 14.6. The number of hydrogen-bond donors (Lipinski definition) is 0. The molecule has 0 aliphatic carbocycles. The molecule has 110 valence electrons. The highest BCUT2D eigenvalue weighted by Gasteiger charge is 2.33. The van der Waals surface area contributed by atoms with E-state index in [9.17, 15) is 4.79 Å². The highest BCUT2D eigenvalue weighted by Crippen LogP contribution is 2.37. The molecule has 6 heteroatoms. The first kappa shape index (κ1) is 15.6. The van der Waals surface area contributed by atoms with Crippen LogP contribution in [0.1, 0.15) is 5.56 Å². The smallest absolute Gasteiger partial charge is 0.268 e. The van der Waals surface area contributed by atoms with E-state index < -0.39 is 0 Å². The van der Waals surface area contributed by atoms with Crippen molar-refractivity contribution in [3.63, 3.8) is 0 Å². The Morgan fingerprint density at radius 1 is 1.05 bits per heavy atom. The molecular weight excluding hydrogens is 357 g/mol. The van der Waals surface area contributed by atoms with Gasteiger partial charge in [0.1, 0.15) is 0 Å². The summed E-state index contributed by atoms with van der Waals surface area (Å²) in [6.07, 6.45) is 1.83. The fourth-order valence-corrected chi connectivity index (χ4v) is 3.61. The molecule has 0 unspecified atom stereocenters. The van der Waals surface area contributed by atoms with Gasteiger partial charge in [-0.2, -0.15) is 0 Å². The van der Waals surface area contributed by atoms with E-state index in [0.717, 1.165) is 5.56 Å². The van der Waals surface area contributed by atoms with Gasteiger partial charge in [0.25, 0.3) is 5.91 Å². The second-order valence-electron chi connectivity index (χ2n) is 4.53. The van der Waals surface area contributed by atoms with Crippen LogP contribution in [0.2, 0.25) is 10.0 Å². The van der Waals surface area contributed by atoms with Gasteiger partial charge in [-0.05, 0) is 29.8 Å². The minimum absolute atomic E-state index is 0.155. The minimum Gasteiger partial charge on any atom is -0.268 e. The van der Waals surface area contributed by atoms with Gasteiger partial charge >= 0.3 is 0 Å². The predicted molar refractivity (Wildman–Crippen MR) is 98.6 cm³/mol. The minimum atomic E-state index is -0.155. The highest BCUT2D eigenvalue weighted by molar-refractivity contribution is 8.27. The van der Waals surface area contributed by atoms with Crippen LogP contribution in [0.15, 0.2) is 53.4 Å². The van der Waals surface area contributed by atoms with Gasteiger partial charge in [0.15, 0.2) is 4.32 Å². The number of carbonyl (C=O) groups is 1. The van der Waals surface area contributed by atoms with Crippen LogP contribution in [-0.4, -0.2) is 10.2 Å². The molecule has 0 aromatic heterocycles. The van der Waals surface area contributed by atoms with E-state index in [1.165, 1.54) is 16.7 Å². The van der Waals surface area contributed by atoms with Gasteiger partial charge in [0, 0.05) is 0 Å². The topological polar surface area (TPSA) is 20.3 Å². The summed E-state index contributed by atoms with van der Waals surface area (Å²) in [6.45, 7) is 0. The lowest BCUT2D eigenvalue weighted by atomic mass is 10.2. The molecule has 0 radical (unpaired) electrons. The molecule has 1 aliphatic rings. The summed E-state index contributed by atoms with van der Waals surface area (Å²) < 4.78 is 0.477. The van der Waals surface area contributed by atoms with Gasteiger partial charge in [-0.3, -0.25) is 9.69 Å². The number of carbonyl (C=O) groups excluding carboxylic acids is 1. The number of thioether (sulfide) groups is 1. The molecule has 3 rings (SSSR count). The third kappa shape index (κ3) is 3.06.